The van der Waals surface area contributed by atoms with Crippen LogP contribution in [0.3, 0.4) is 0 Å². The third kappa shape index (κ3) is 5.28. The summed E-state index contributed by atoms with van der Waals surface area (Å²) in [6, 6.07) is 1.71. The molecule has 0 spiro atoms. The Bertz CT molecular complexity index is 490. The van der Waals surface area contributed by atoms with E-state index in [-0.39, 0.29) is 5.75 Å². The first-order valence-electron chi connectivity index (χ1n) is 5.41. The summed E-state index contributed by atoms with van der Waals surface area (Å²) in [5.41, 5.74) is 0. The van der Waals surface area contributed by atoms with E-state index in [2.05, 4.69) is 20.6 Å². The lowest BCUT2D eigenvalue weighted by molar-refractivity contribution is 0.178. The van der Waals surface area contributed by atoms with E-state index in [0.29, 0.717) is 30.6 Å². The van der Waals surface area contributed by atoms with E-state index in [1.165, 1.54) is 6.26 Å². The summed E-state index contributed by atoms with van der Waals surface area (Å²) in [5.74, 6) is 1.82. The van der Waals surface area contributed by atoms with Crippen molar-refractivity contribution < 1.29 is 13.2 Å². The Morgan fingerprint density at radius 3 is 2.56 bits per heavy atom. The Balaban J connectivity index is 2.72. The van der Waals surface area contributed by atoms with Gasteiger partial charge in [0.2, 0.25) is 0 Å². The number of sulfone groups is 1. The number of nitrogens with one attached hydrogen (secondary N) is 2. The fourth-order valence-corrected chi connectivity index (χ4v) is 1.75. The summed E-state index contributed by atoms with van der Waals surface area (Å²) >= 11 is 0. The first kappa shape index (κ1) is 14.7. The number of anilines is 2. The molecule has 0 aromatic carbocycles. The monoisotopic (exact) mass is 274 g/mol. The van der Waals surface area contributed by atoms with E-state index in [4.69, 9.17) is 4.74 Å². The highest BCUT2D eigenvalue weighted by atomic mass is 32.2. The smallest absolute Gasteiger partial charge is 0.158 e. The third-order valence-electron chi connectivity index (χ3n) is 2.08. The molecule has 0 bridgehead atoms. The molecule has 7 nitrogen and oxygen atoms in total. The number of ether oxygens (including phenoxy) is 1. The Morgan fingerprint density at radius 1 is 1.33 bits per heavy atom. The molecule has 102 valence electrons. The minimum Gasteiger partial charge on any atom is -0.377 e. The van der Waals surface area contributed by atoms with Crippen molar-refractivity contribution in [3.05, 3.63) is 11.9 Å². The molecule has 0 aliphatic carbocycles. The molecule has 8 heteroatoms. The second-order valence-corrected chi connectivity index (χ2v) is 6.05. The first-order chi connectivity index (χ1) is 8.44. The van der Waals surface area contributed by atoms with E-state index in [1.807, 2.05) is 0 Å². The van der Waals surface area contributed by atoms with Gasteiger partial charge in [-0.05, 0) is 0 Å². The number of hydrogen-bond donors (Lipinski definition) is 2. The summed E-state index contributed by atoms with van der Waals surface area (Å²) < 4.78 is 27.0. The molecule has 2 N–H and O–H groups in total. The van der Waals surface area contributed by atoms with E-state index in [1.54, 1.807) is 20.2 Å². The molecule has 1 aromatic heterocycles. The van der Waals surface area contributed by atoms with Gasteiger partial charge < -0.3 is 15.4 Å². The lowest BCUT2D eigenvalue weighted by Crippen LogP contribution is -2.15. The van der Waals surface area contributed by atoms with Crippen LogP contribution in [0.4, 0.5) is 11.6 Å². The number of rotatable bonds is 7. The van der Waals surface area contributed by atoms with Gasteiger partial charge in [-0.2, -0.15) is 0 Å². The van der Waals surface area contributed by atoms with Gasteiger partial charge in [-0.25, -0.2) is 18.4 Å². The van der Waals surface area contributed by atoms with Crippen molar-refractivity contribution in [2.45, 2.75) is 6.61 Å². The summed E-state index contributed by atoms with van der Waals surface area (Å²) in [7, 11) is 0.334. The Kier molecular flexibility index (Phi) is 5.29. The number of methoxy groups -OCH3 is 1. The second-order valence-electron chi connectivity index (χ2n) is 3.79. The molecule has 18 heavy (non-hydrogen) atoms. The minimum absolute atomic E-state index is 0.0610. The molecular formula is C10H18N4O3S. The summed E-state index contributed by atoms with van der Waals surface area (Å²) in [6.45, 7) is 0.613. The highest BCUT2D eigenvalue weighted by Crippen LogP contribution is 2.11. The fraction of sp³-hybridized carbons (Fsp3) is 0.600. The molecule has 0 radical (unpaired) electrons. The quantitative estimate of drug-likeness (QED) is 0.729. The maximum Gasteiger partial charge on any atom is 0.158 e. The molecule has 0 saturated heterocycles. The molecule has 1 heterocycles. The van der Waals surface area contributed by atoms with Crippen molar-refractivity contribution in [3.63, 3.8) is 0 Å². The van der Waals surface area contributed by atoms with Crippen molar-refractivity contribution in [1.29, 1.82) is 0 Å². The number of nitrogens with zero attached hydrogens (tertiary/aromatic N) is 2. The lowest BCUT2D eigenvalue weighted by atomic mass is 10.4. The van der Waals surface area contributed by atoms with Gasteiger partial charge in [0.1, 0.15) is 28.1 Å². The zero-order chi connectivity index (χ0) is 13.6. The predicted molar refractivity (Wildman–Crippen MR) is 70.5 cm³/mol. The summed E-state index contributed by atoms with van der Waals surface area (Å²) in [4.78, 5) is 8.40. The van der Waals surface area contributed by atoms with Crippen molar-refractivity contribution >= 4 is 21.5 Å². The molecule has 0 fully saturated rings. The molecule has 0 aliphatic rings. The maximum absolute atomic E-state index is 11.0. The average Bonchev–Trinajstić information content (AvgIpc) is 2.27. The van der Waals surface area contributed by atoms with Crippen LogP contribution >= 0.6 is 0 Å². The van der Waals surface area contributed by atoms with Gasteiger partial charge in [0.15, 0.2) is 5.82 Å². The standard InChI is InChI=1S/C10H18N4O3S/c1-11-8-6-9(12-4-5-18(3,15)16)14-10(13-8)7-17-2/h6H,4-5,7H2,1-3H3,(H2,11,12,13,14). The summed E-state index contributed by atoms with van der Waals surface area (Å²) in [6.07, 6.45) is 1.20. The van der Waals surface area contributed by atoms with Crippen LogP contribution in [0.15, 0.2) is 6.07 Å². The van der Waals surface area contributed by atoms with Crippen molar-refractivity contribution in [2.24, 2.45) is 0 Å². The average molecular weight is 274 g/mol. The Hall–Kier alpha value is -1.41. The van der Waals surface area contributed by atoms with Crippen molar-refractivity contribution in [3.8, 4) is 0 Å². The third-order valence-corrected chi connectivity index (χ3v) is 3.03. The molecule has 0 amide bonds. The van der Waals surface area contributed by atoms with Crippen LogP contribution in [0, 0.1) is 0 Å². The molecule has 0 atom stereocenters. The van der Waals surface area contributed by atoms with Crippen LogP contribution in [-0.2, 0) is 21.2 Å². The predicted octanol–water partition coefficient (Wildman–Crippen LogP) is 0.121. The molecule has 1 rings (SSSR count). The number of hydrogen-bond acceptors (Lipinski definition) is 7. The minimum atomic E-state index is -2.98. The van der Waals surface area contributed by atoms with Crippen molar-refractivity contribution in [1.82, 2.24) is 9.97 Å². The van der Waals surface area contributed by atoms with E-state index in [9.17, 15) is 8.42 Å². The van der Waals surface area contributed by atoms with Gasteiger partial charge in [0, 0.05) is 33.0 Å². The van der Waals surface area contributed by atoms with Crippen LogP contribution in [0.5, 0.6) is 0 Å². The SMILES string of the molecule is CNc1cc(NCCS(C)(=O)=O)nc(COC)n1. The normalized spacial score (nSPS) is 11.3. The number of aromatic nitrogens is 2. The van der Waals surface area contributed by atoms with E-state index < -0.39 is 9.84 Å². The molecule has 0 unspecified atom stereocenters. The van der Waals surface area contributed by atoms with Gasteiger partial charge in [-0.15, -0.1) is 0 Å². The van der Waals surface area contributed by atoms with Crippen LogP contribution in [0.1, 0.15) is 5.82 Å². The van der Waals surface area contributed by atoms with Crippen LogP contribution in [0.2, 0.25) is 0 Å². The summed E-state index contributed by atoms with van der Waals surface area (Å²) in [5, 5.41) is 5.86. The van der Waals surface area contributed by atoms with Gasteiger partial charge in [-0.1, -0.05) is 0 Å². The van der Waals surface area contributed by atoms with Gasteiger partial charge in [0.05, 0.1) is 5.75 Å². The second kappa shape index (κ2) is 6.50. The van der Waals surface area contributed by atoms with Gasteiger partial charge >= 0.3 is 0 Å². The fourth-order valence-electron chi connectivity index (χ4n) is 1.27. The highest BCUT2D eigenvalue weighted by Gasteiger charge is 2.05. The Morgan fingerprint density at radius 2 is 2.00 bits per heavy atom. The zero-order valence-corrected chi connectivity index (χ0v) is 11.5. The van der Waals surface area contributed by atoms with Crippen LogP contribution in [-0.4, -0.2) is 51.1 Å². The van der Waals surface area contributed by atoms with Crippen molar-refractivity contribution in [2.75, 3.05) is 43.3 Å². The van der Waals surface area contributed by atoms with E-state index in [0.717, 1.165) is 0 Å². The van der Waals surface area contributed by atoms with E-state index >= 15 is 0 Å². The van der Waals surface area contributed by atoms with Gasteiger partial charge in [-0.3, -0.25) is 0 Å². The molecule has 0 aliphatic heterocycles. The lowest BCUT2D eigenvalue weighted by Gasteiger charge is -2.09. The van der Waals surface area contributed by atoms with Gasteiger partial charge in [0.25, 0.3) is 0 Å². The largest absolute Gasteiger partial charge is 0.377 e. The molecule has 1 aromatic rings. The maximum atomic E-state index is 11.0. The topological polar surface area (TPSA) is 93.2 Å². The molecule has 0 saturated carbocycles. The van der Waals surface area contributed by atoms with Crippen LogP contribution < -0.4 is 10.6 Å². The zero-order valence-electron chi connectivity index (χ0n) is 10.7. The first-order valence-corrected chi connectivity index (χ1v) is 7.47. The molecular weight excluding hydrogens is 256 g/mol. The van der Waals surface area contributed by atoms with Crippen LogP contribution in [0.25, 0.3) is 0 Å². The highest BCUT2D eigenvalue weighted by molar-refractivity contribution is 7.90. The Labute approximate surface area is 107 Å².